The van der Waals surface area contributed by atoms with Gasteiger partial charge in [0.05, 0.1) is 0 Å². The molecule has 1 unspecified atom stereocenters. The maximum absolute atomic E-state index is 3.59. The summed E-state index contributed by atoms with van der Waals surface area (Å²) in [5.41, 5.74) is 2.64. The van der Waals surface area contributed by atoms with Gasteiger partial charge in [-0.05, 0) is 54.5 Å². The quantitative estimate of drug-likeness (QED) is 0.880. The molecule has 1 N–H and O–H groups in total. The Morgan fingerprint density at radius 3 is 2.67 bits per heavy atom. The third-order valence-corrected chi connectivity index (χ3v) is 4.75. The molecule has 1 heterocycles. The second kappa shape index (κ2) is 7.05. The van der Waals surface area contributed by atoms with Crippen LogP contribution in [0.25, 0.3) is 0 Å². The average molecular weight is 264 g/mol. The van der Waals surface area contributed by atoms with Crippen molar-refractivity contribution in [1.29, 1.82) is 0 Å². The first-order chi connectivity index (χ1) is 8.75. The van der Waals surface area contributed by atoms with Crippen molar-refractivity contribution in [3.05, 3.63) is 29.8 Å². The summed E-state index contributed by atoms with van der Waals surface area (Å²) in [5, 5.41) is 3.59. The summed E-state index contributed by atoms with van der Waals surface area (Å²) < 4.78 is 0. The van der Waals surface area contributed by atoms with E-state index < -0.39 is 0 Å². The molecule has 0 spiro atoms. The smallest absolute Gasteiger partial charge is 0.0361 e. The molecule has 1 fully saturated rings. The van der Waals surface area contributed by atoms with Gasteiger partial charge in [0.25, 0.3) is 0 Å². The molecule has 1 aliphatic rings. The molecule has 2 nitrogen and oxygen atoms in total. The fraction of sp³-hybridized carbons (Fsp3) is 0.600. The van der Waals surface area contributed by atoms with E-state index in [1.165, 1.54) is 42.1 Å². The number of benzene rings is 1. The van der Waals surface area contributed by atoms with Crippen LogP contribution in [-0.2, 0) is 6.54 Å². The van der Waals surface area contributed by atoms with Crippen LogP contribution < -0.4 is 10.2 Å². The van der Waals surface area contributed by atoms with Gasteiger partial charge < -0.3 is 10.2 Å². The van der Waals surface area contributed by atoms with Crippen LogP contribution in [0.4, 0.5) is 5.69 Å². The van der Waals surface area contributed by atoms with Crippen LogP contribution in [0.15, 0.2) is 24.3 Å². The lowest BCUT2D eigenvalue weighted by atomic mass is 10.1. The summed E-state index contributed by atoms with van der Waals surface area (Å²) in [4.78, 5) is 2.14. The van der Waals surface area contributed by atoms with Crippen molar-refractivity contribution in [1.82, 2.24) is 5.32 Å². The fourth-order valence-electron chi connectivity index (χ4n) is 2.30. The van der Waals surface area contributed by atoms with E-state index in [2.05, 4.69) is 60.3 Å². The van der Waals surface area contributed by atoms with Crippen LogP contribution >= 0.6 is 11.8 Å². The number of nitrogens with one attached hydrogen (secondary N) is 1. The van der Waals surface area contributed by atoms with Gasteiger partial charge in [0.1, 0.15) is 0 Å². The molecule has 0 aliphatic carbocycles. The lowest BCUT2D eigenvalue weighted by Crippen LogP contribution is -2.26. The second-order valence-electron chi connectivity index (χ2n) is 5.27. The largest absolute Gasteiger partial charge is 0.378 e. The Balaban J connectivity index is 1.72. The topological polar surface area (TPSA) is 15.3 Å². The lowest BCUT2D eigenvalue weighted by molar-refractivity contribution is 0.475. The molecule has 1 saturated heterocycles. The van der Waals surface area contributed by atoms with E-state index in [1.54, 1.807) is 0 Å². The Morgan fingerprint density at radius 2 is 2.06 bits per heavy atom. The predicted octanol–water partition coefficient (Wildman–Crippen LogP) is 2.99. The number of thioether (sulfide) groups is 1. The van der Waals surface area contributed by atoms with Crippen molar-refractivity contribution in [3.8, 4) is 0 Å². The van der Waals surface area contributed by atoms with Gasteiger partial charge in [0, 0.05) is 26.3 Å². The van der Waals surface area contributed by atoms with Gasteiger partial charge in [-0.15, -0.1) is 0 Å². The zero-order chi connectivity index (χ0) is 12.8. The lowest BCUT2D eigenvalue weighted by Gasteiger charge is -2.21. The molecule has 0 amide bonds. The Labute approximate surface area is 115 Å². The Kier molecular flexibility index (Phi) is 5.39. The van der Waals surface area contributed by atoms with E-state index in [1.807, 2.05) is 0 Å². The average Bonchev–Trinajstić information content (AvgIpc) is 2.40. The van der Waals surface area contributed by atoms with Gasteiger partial charge in [-0.2, -0.15) is 11.8 Å². The van der Waals surface area contributed by atoms with E-state index in [0.717, 1.165) is 12.5 Å². The number of rotatable bonds is 5. The van der Waals surface area contributed by atoms with Crippen molar-refractivity contribution >= 4 is 17.4 Å². The van der Waals surface area contributed by atoms with E-state index >= 15 is 0 Å². The summed E-state index contributed by atoms with van der Waals surface area (Å²) in [5.74, 6) is 3.58. The Morgan fingerprint density at radius 1 is 1.28 bits per heavy atom. The van der Waals surface area contributed by atoms with Gasteiger partial charge in [-0.25, -0.2) is 0 Å². The molecule has 18 heavy (non-hydrogen) atoms. The zero-order valence-corrected chi connectivity index (χ0v) is 12.3. The van der Waals surface area contributed by atoms with Crippen molar-refractivity contribution in [2.75, 3.05) is 37.0 Å². The molecule has 1 aromatic carbocycles. The molecule has 1 aromatic rings. The highest BCUT2D eigenvalue weighted by molar-refractivity contribution is 7.99. The monoisotopic (exact) mass is 264 g/mol. The van der Waals surface area contributed by atoms with Crippen molar-refractivity contribution in [2.45, 2.75) is 19.4 Å². The Hall–Kier alpha value is -0.670. The first kappa shape index (κ1) is 13.8. The van der Waals surface area contributed by atoms with Gasteiger partial charge in [0.15, 0.2) is 0 Å². The highest BCUT2D eigenvalue weighted by atomic mass is 32.2. The first-order valence-corrected chi connectivity index (χ1v) is 7.96. The SMILES string of the molecule is CN(C)c1ccc(CNCC2CCCSC2)cc1. The molecule has 0 bridgehead atoms. The summed E-state index contributed by atoms with van der Waals surface area (Å²) >= 11 is 2.11. The van der Waals surface area contributed by atoms with E-state index in [-0.39, 0.29) is 0 Å². The van der Waals surface area contributed by atoms with E-state index in [0.29, 0.717) is 0 Å². The molecule has 3 heteroatoms. The number of hydrogen-bond donors (Lipinski definition) is 1. The molecule has 100 valence electrons. The van der Waals surface area contributed by atoms with Crippen LogP contribution in [-0.4, -0.2) is 32.1 Å². The molecule has 2 rings (SSSR count). The molecular weight excluding hydrogens is 240 g/mol. The number of hydrogen-bond acceptors (Lipinski definition) is 3. The highest BCUT2D eigenvalue weighted by Gasteiger charge is 2.12. The normalized spacial score (nSPS) is 19.8. The minimum Gasteiger partial charge on any atom is -0.378 e. The van der Waals surface area contributed by atoms with Crippen LogP contribution in [0, 0.1) is 5.92 Å². The van der Waals surface area contributed by atoms with Gasteiger partial charge in [-0.1, -0.05) is 12.1 Å². The van der Waals surface area contributed by atoms with Crippen molar-refractivity contribution in [3.63, 3.8) is 0 Å². The Bertz CT molecular complexity index is 342. The summed E-state index contributed by atoms with van der Waals surface area (Å²) in [6.07, 6.45) is 2.80. The predicted molar refractivity (Wildman–Crippen MR) is 82.5 cm³/mol. The molecular formula is C15H24N2S. The van der Waals surface area contributed by atoms with E-state index in [9.17, 15) is 0 Å². The molecule has 0 saturated carbocycles. The second-order valence-corrected chi connectivity index (χ2v) is 6.42. The van der Waals surface area contributed by atoms with E-state index in [4.69, 9.17) is 0 Å². The van der Waals surface area contributed by atoms with Crippen LogP contribution in [0.3, 0.4) is 0 Å². The minimum absolute atomic E-state index is 0.879. The third kappa shape index (κ3) is 4.21. The van der Waals surface area contributed by atoms with Crippen molar-refractivity contribution < 1.29 is 0 Å². The van der Waals surface area contributed by atoms with Crippen LogP contribution in [0.5, 0.6) is 0 Å². The molecule has 1 atom stereocenters. The summed E-state index contributed by atoms with van der Waals surface area (Å²) in [7, 11) is 4.15. The first-order valence-electron chi connectivity index (χ1n) is 6.80. The minimum atomic E-state index is 0.879. The summed E-state index contributed by atoms with van der Waals surface area (Å²) in [6, 6.07) is 8.82. The van der Waals surface area contributed by atoms with Crippen LogP contribution in [0.2, 0.25) is 0 Å². The highest BCUT2D eigenvalue weighted by Crippen LogP contribution is 2.21. The van der Waals surface area contributed by atoms with Gasteiger partial charge in [-0.3, -0.25) is 0 Å². The number of nitrogens with zero attached hydrogens (tertiary/aromatic N) is 1. The van der Waals surface area contributed by atoms with Crippen molar-refractivity contribution in [2.24, 2.45) is 5.92 Å². The molecule has 0 aromatic heterocycles. The van der Waals surface area contributed by atoms with Gasteiger partial charge >= 0.3 is 0 Å². The molecule has 1 aliphatic heterocycles. The third-order valence-electron chi connectivity index (χ3n) is 3.47. The molecule has 0 radical (unpaired) electrons. The summed E-state index contributed by atoms with van der Waals surface area (Å²) in [6.45, 7) is 2.16. The standard InChI is InChI=1S/C15H24N2S/c1-17(2)15-7-5-13(6-8-15)10-16-11-14-4-3-9-18-12-14/h5-8,14,16H,3-4,9-12H2,1-2H3. The zero-order valence-electron chi connectivity index (χ0n) is 11.5. The fourth-order valence-corrected chi connectivity index (χ4v) is 3.46. The maximum atomic E-state index is 3.59. The number of anilines is 1. The van der Waals surface area contributed by atoms with Crippen LogP contribution in [0.1, 0.15) is 18.4 Å². The maximum Gasteiger partial charge on any atom is 0.0361 e. The van der Waals surface area contributed by atoms with Gasteiger partial charge in [0.2, 0.25) is 0 Å².